The van der Waals surface area contributed by atoms with Crippen LogP contribution in [0.3, 0.4) is 0 Å². The summed E-state index contributed by atoms with van der Waals surface area (Å²) >= 11 is 0. The van der Waals surface area contributed by atoms with Crippen molar-refractivity contribution >= 4 is 17.3 Å². The predicted octanol–water partition coefficient (Wildman–Crippen LogP) is 1.11. The summed E-state index contributed by atoms with van der Waals surface area (Å²) in [5, 5.41) is 8.87. The summed E-state index contributed by atoms with van der Waals surface area (Å²) in [5.41, 5.74) is 2.01. The van der Waals surface area contributed by atoms with Crippen LogP contribution < -0.4 is 0 Å². The van der Waals surface area contributed by atoms with Gasteiger partial charge in [0.2, 0.25) is 0 Å². The summed E-state index contributed by atoms with van der Waals surface area (Å²) < 4.78 is 1.67. The van der Waals surface area contributed by atoms with Crippen LogP contribution in [-0.2, 0) is 11.3 Å². The molecule has 14 heavy (non-hydrogen) atoms. The van der Waals surface area contributed by atoms with Gasteiger partial charge in [-0.3, -0.25) is 0 Å². The zero-order chi connectivity index (χ0) is 9.97. The molecule has 2 aromatic rings. The van der Waals surface area contributed by atoms with Crippen molar-refractivity contribution in [1.82, 2.24) is 9.55 Å². The molecule has 4 nitrogen and oxygen atoms in total. The molecule has 0 unspecified atom stereocenters. The Morgan fingerprint density at radius 1 is 1.57 bits per heavy atom. The SMILES string of the molecule is N#Cc1cccc2ncn(CC=O)c12. The van der Waals surface area contributed by atoms with Gasteiger partial charge in [-0.1, -0.05) is 6.07 Å². The second kappa shape index (κ2) is 3.30. The Morgan fingerprint density at radius 2 is 2.43 bits per heavy atom. The summed E-state index contributed by atoms with van der Waals surface area (Å²) in [6.07, 6.45) is 2.36. The molecule has 68 valence electrons. The first-order valence-corrected chi connectivity index (χ1v) is 4.14. The molecule has 2 rings (SSSR count). The van der Waals surface area contributed by atoms with Crippen LogP contribution in [0.5, 0.6) is 0 Å². The third-order valence-corrected chi connectivity index (χ3v) is 2.03. The molecule has 0 saturated carbocycles. The van der Waals surface area contributed by atoms with Gasteiger partial charge >= 0.3 is 0 Å². The number of aromatic nitrogens is 2. The average molecular weight is 185 g/mol. The smallest absolute Gasteiger partial charge is 0.139 e. The lowest BCUT2D eigenvalue weighted by Crippen LogP contribution is -1.97. The van der Waals surface area contributed by atoms with Gasteiger partial charge in [0.15, 0.2) is 0 Å². The van der Waals surface area contributed by atoms with Crippen LogP contribution in [-0.4, -0.2) is 15.8 Å². The number of hydrogen-bond donors (Lipinski definition) is 0. The van der Waals surface area contributed by atoms with E-state index in [2.05, 4.69) is 11.1 Å². The molecule has 0 atom stereocenters. The van der Waals surface area contributed by atoms with Crippen LogP contribution in [0.2, 0.25) is 0 Å². The number of para-hydroxylation sites is 1. The fourth-order valence-electron chi connectivity index (χ4n) is 1.44. The predicted molar refractivity (Wildman–Crippen MR) is 50.5 cm³/mol. The molecule has 0 N–H and O–H groups in total. The van der Waals surface area contributed by atoms with E-state index in [0.29, 0.717) is 5.56 Å². The van der Waals surface area contributed by atoms with Crippen molar-refractivity contribution < 1.29 is 4.79 Å². The first kappa shape index (κ1) is 8.45. The third kappa shape index (κ3) is 1.15. The molecule has 0 aliphatic heterocycles. The highest BCUT2D eigenvalue weighted by Crippen LogP contribution is 2.16. The second-order valence-electron chi connectivity index (χ2n) is 2.85. The van der Waals surface area contributed by atoms with Crippen molar-refractivity contribution in [1.29, 1.82) is 5.26 Å². The Kier molecular flexibility index (Phi) is 1.99. The van der Waals surface area contributed by atoms with Crippen LogP contribution in [0.25, 0.3) is 11.0 Å². The van der Waals surface area contributed by atoms with E-state index in [-0.39, 0.29) is 6.54 Å². The van der Waals surface area contributed by atoms with E-state index in [9.17, 15) is 4.79 Å². The number of aldehydes is 1. The van der Waals surface area contributed by atoms with E-state index in [0.717, 1.165) is 17.3 Å². The molecule has 0 amide bonds. The lowest BCUT2D eigenvalue weighted by atomic mass is 10.2. The van der Waals surface area contributed by atoms with Crippen LogP contribution in [0, 0.1) is 11.3 Å². The molecule has 0 saturated heterocycles. The molecule has 1 heterocycles. The minimum atomic E-state index is 0.231. The number of nitrogens with zero attached hydrogens (tertiary/aromatic N) is 3. The van der Waals surface area contributed by atoms with E-state index < -0.39 is 0 Å². The van der Waals surface area contributed by atoms with Gasteiger partial charge in [-0.25, -0.2) is 4.98 Å². The zero-order valence-electron chi connectivity index (χ0n) is 7.34. The normalized spacial score (nSPS) is 9.93. The Labute approximate surface area is 80.4 Å². The van der Waals surface area contributed by atoms with Crippen LogP contribution in [0.1, 0.15) is 5.56 Å². The van der Waals surface area contributed by atoms with Gasteiger partial charge in [0, 0.05) is 0 Å². The number of rotatable bonds is 2. The minimum Gasteiger partial charge on any atom is -0.322 e. The van der Waals surface area contributed by atoms with Crippen LogP contribution in [0.15, 0.2) is 24.5 Å². The van der Waals surface area contributed by atoms with Gasteiger partial charge in [0.25, 0.3) is 0 Å². The third-order valence-electron chi connectivity index (χ3n) is 2.03. The molecule has 0 aliphatic rings. The molecule has 0 spiro atoms. The number of imidazole rings is 1. The van der Waals surface area contributed by atoms with Gasteiger partial charge < -0.3 is 9.36 Å². The van der Waals surface area contributed by atoms with Crippen molar-refractivity contribution in [2.45, 2.75) is 6.54 Å². The Balaban J connectivity index is 2.75. The first-order valence-electron chi connectivity index (χ1n) is 4.14. The van der Waals surface area contributed by atoms with Gasteiger partial charge in [0.1, 0.15) is 12.4 Å². The quantitative estimate of drug-likeness (QED) is 0.658. The summed E-state index contributed by atoms with van der Waals surface area (Å²) in [6.45, 7) is 0.231. The first-order chi connectivity index (χ1) is 6.86. The lowest BCUT2D eigenvalue weighted by Gasteiger charge is -1.98. The van der Waals surface area contributed by atoms with Gasteiger partial charge in [-0.2, -0.15) is 5.26 Å². The molecule has 0 aliphatic carbocycles. The zero-order valence-corrected chi connectivity index (χ0v) is 7.34. The number of carbonyl (C=O) groups is 1. The van der Waals surface area contributed by atoms with E-state index in [1.54, 1.807) is 23.0 Å². The second-order valence-corrected chi connectivity index (χ2v) is 2.85. The fourth-order valence-corrected chi connectivity index (χ4v) is 1.44. The summed E-state index contributed by atoms with van der Waals surface area (Å²) in [4.78, 5) is 14.5. The number of carbonyl (C=O) groups excluding carboxylic acids is 1. The van der Waals surface area contributed by atoms with E-state index in [1.165, 1.54) is 0 Å². The van der Waals surface area contributed by atoms with Crippen molar-refractivity contribution in [3.05, 3.63) is 30.1 Å². The monoisotopic (exact) mass is 185 g/mol. The largest absolute Gasteiger partial charge is 0.322 e. The Hall–Kier alpha value is -2.15. The highest BCUT2D eigenvalue weighted by molar-refractivity contribution is 5.82. The number of benzene rings is 1. The Morgan fingerprint density at radius 3 is 3.14 bits per heavy atom. The van der Waals surface area contributed by atoms with Crippen molar-refractivity contribution in [2.75, 3.05) is 0 Å². The molecular weight excluding hydrogens is 178 g/mol. The maximum atomic E-state index is 10.4. The highest BCUT2D eigenvalue weighted by atomic mass is 16.1. The topological polar surface area (TPSA) is 58.7 Å². The van der Waals surface area contributed by atoms with Crippen LogP contribution >= 0.6 is 0 Å². The van der Waals surface area contributed by atoms with E-state index in [1.807, 2.05) is 6.07 Å². The average Bonchev–Trinajstić information content (AvgIpc) is 2.62. The Bertz CT molecular complexity index is 522. The molecular formula is C10H7N3O. The highest BCUT2D eigenvalue weighted by Gasteiger charge is 2.06. The lowest BCUT2D eigenvalue weighted by molar-refractivity contribution is -0.108. The number of hydrogen-bond acceptors (Lipinski definition) is 3. The van der Waals surface area contributed by atoms with Crippen molar-refractivity contribution in [2.24, 2.45) is 0 Å². The van der Waals surface area contributed by atoms with Gasteiger partial charge in [-0.15, -0.1) is 0 Å². The molecule has 0 radical (unpaired) electrons. The van der Waals surface area contributed by atoms with Crippen molar-refractivity contribution in [3.63, 3.8) is 0 Å². The summed E-state index contributed by atoms with van der Waals surface area (Å²) in [7, 11) is 0. The maximum absolute atomic E-state index is 10.4. The molecule has 0 bridgehead atoms. The standard InChI is InChI=1S/C10H7N3O/c11-6-8-2-1-3-9-10(8)13(4-5-14)7-12-9/h1-3,5,7H,4H2. The van der Waals surface area contributed by atoms with E-state index in [4.69, 9.17) is 5.26 Å². The van der Waals surface area contributed by atoms with E-state index >= 15 is 0 Å². The summed E-state index contributed by atoms with van der Waals surface area (Å²) in [5.74, 6) is 0. The molecule has 1 aromatic carbocycles. The fraction of sp³-hybridized carbons (Fsp3) is 0.100. The molecule has 1 aromatic heterocycles. The van der Waals surface area contributed by atoms with Gasteiger partial charge in [0.05, 0.1) is 29.5 Å². The summed E-state index contributed by atoms with van der Waals surface area (Å²) in [6, 6.07) is 7.39. The molecule has 4 heteroatoms. The maximum Gasteiger partial charge on any atom is 0.139 e. The van der Waals surface area contributed by atoms with Crippen LogP contribution in [0.4, 0.5) is 0 Å². The van der Waals surface area contributed by atoms with Crippen molar-refractivity contribution in [3.8, 4) is 6.07 Å². The molecule has 0 fully saturated rings. The number of nitriles is 1. The minimum absolute atomic E-state index is 0.231. The van der Waals surface area contributed by atoms with Gasteiger partial charge in [-0.05, 0) is 12.1 Å². The number of fused-ring (bicyclic) bond motifs is 1.